The van der Waals surface area contributed by atoms with Crippen molar-refractivity contribution in [1.29, 1.82) is 0 Å². The number of carboxylic acid groups (broad SMARTS) is 1. The predicted molar refractivity (Wildman–Crippen MR) is 125 cm³/mol. The number of carbonyl (C=O) groups excluding carboxylic acids is 2. The molecule has 1 saturated heterocycles. The van der Waals surface area contributed by atoms with Crippen molar-refractivity contribution in [1.82, 2.24) is 10.2 Å². The van der Waals surface area contributed by atoms with E-state index in [1.807, 2.05) is 43.3 Å². The van der Waals surface area contributed by atoms with Gasteiger partial charge < -0.3 is 24.8 Å². The van der Waals surface area contributed by atoms with Crippen LogP contribution in [-0.2, 0) is 19.1 Å². The highest BCUT2D eigenvalue weighted by Gasteiger charge is 2.33. The second-order valence-electron chi connectivity index (χ2n) is 8.71. The first kappa shape index (κ1) is 23.8. The largest absolute Gasteiger partial charge is 0.481 e. The summed E-state index contributed by atoms with van der Waals surface area (Å²) in [6.45, 7) is 2.75. The van der Waals surface area contributed by atoms with Gasteiger partial charge in [0.15, 0.2) is 0 Å². The lowest BCUT2D eigenvalue weighted by molar-refractivity contribution is -0.144. The Morgan fingerprint density at radius 2 is 1.76 bits per heavy atom. The molecule has 2 aliphatic rings. The van der Waals surface area contributed by atoms with Crippen LogP contribution in [0.5, 0.6) is 0 Å². The van der Waals surface area contributed by atoms with Crippen LogP contribution in [0.3, 0.4) is 0 Å². The summed E-state index contributed by atoms with van der Waals surface area (Å²) >= 11 is 0. The van der Waals surface area contributed by atoms with Gasteiger partial charge in [-0.15, -0.1) is 0 Å². The van der Waals surface area contributed by atoms with Crippen LogP contribution in [-0.4, -0.2) is 66.9 Å². The minimum atomic E-state index is -1.00. The quantitative estimate of drug-likeness (QED) is 0.649. The number of carboxylic acids is 1. The monoisotopic (exact) mass is 466 g/mol. The zero-order valence-corrected chi connectivity index (χ0v) is 19.2. The summed E-state index contributed by atoms with van der Waals surface area (Å²) in [6.07, 6.45) is 0.444. The predicted octanol–water partition coefficient (Wildman–Crippen LogP) is 3.25. The first-order valence-electron chi connectivity index (χ1n) is 11.7. The second-order valence-corrected chi connectivity index (χ2v) is 8.71. The number of ether oxygens (including phenoxy) is 2. The van der Waals surface area contributed by atoms with Gasteiger partial charge in [-0.2, -0.15) is 0 Å². The van der Waals surface area contributed by atoms with E-state index in [9.17, 15) is 19.5 Å². The Morgan fingerprint density at radius 3 is 2.38 bits per heavy atom. The molecular formula is C26H30N2O6. The molecule has 0 spiro atoms. The molecule has 0 aromatic heterocycles. The third kappa shape index (κ3) is 5.07. The maximum Gasteiger partial charge on any atom is 0.407 e. The van der Waals surface area contributed by atoms with E-state index >= 15 is 0 Å². The van der Waals surface area contributed by atoms with E-state index in [1.165, 1.54) is 4.90 Å². The summed E-state index contributed by atoms with van der Waals surface area (Å²) in [5, 5.41) is 12.1. The van der Waals surface area contributed by atoms with Gasteiger partial charge in [0.25, 0.3) is 0 Å². The molecule has 34 heavy (non-hydrogen) atoms. The Kier molecular flexibility index (Phi) is 7.47. The van der Waals surface area contributed by atoms with E-state index in [4.69, 9.17) is 9.47 Å². The van der Waals surface area contributed by atoms with Gasteiger partial charge >= 0.3 is 12.1 Å². The van der Waals surface area contributed by atoms with E-state index in [1.54, 1.807) is 0 Å². The number of hydrogen-bond acceptors (Lipinski definition) is 5. The highest BCUT2D eigenvalue weighted by Crippen LogP contribution is 2.44. The number of alkyl carbamates (subject to hydrolysis) is 1. The summed E-state index contributed by atoms with van der Waals surface area (Å²) in [7, 11) is 0. The van der Waals surface area contributed by atoms with Crippen molar-refractivity contribution in [2.75, 3.05) is 32.9 Å². The molecule has 1 aliphatic heterocycles. The Hall–Kier alpha value is -3.39. The van der Waals surface area contributed by atoms with Crippen LogP contribution in [0, 0.1) is 5.92 Å². The van der Waals surface area contributed by atoms with Crippen LogP contribution in [0.4, 0.5) is 4.79 Å². The molecule has 8 heteroatoms. The van der Waals surface area contributed by atoms with E-state index in [0.29, 0.717) is 12.8 Å². The highest BCUT2D eigenvalue weighted by molar-refractivity contribution is 5.86. The van der Waals surface area contributed by atoms with Gasteiger partial charge in [0.1, 0.15) is 12.6 Å². The van der Waals surface area contributed by atoms with Crippen molar-refractivity contribution in [3.05, 3.63) is 59.7 Å². The molecule has 1 aliphatic carbocycles. The number of hydrogen-bond donors (Lipinski definition) is 2. The lowest BCUT2D eigenvalue weighted by atomic mass is 9.98. The standard InChI is InChI=1S/C26H30N2O6/c1-2-7-23(24(29)28-12-13-33-15-17(14-28)25(30)31)27-26(32)34-16-22-20-10-5-3-8-18(20)19-9-4-6-11-21(19)22/h3-6,8-11,17,22-23H,2,7,12-16H2,1H3,(H,27,32)(H,30,31). The van der Waals surface area contributed by atoms with E-state index in [0.717, 1.165) is 22.3 Å². The van der Waals surface area contributed by atoms with Gasteiger partial charge in [0, 0.05) is 19.0 Å². The van der Waals surface area contributed by atoms with Crippen molar-refractivity contribution in [3.63, 3.8) is 0 Å². The molecule has 2 aromatic rings. The first-order chi connectivity index (χ1) is 16.5. The average molecular weight is 467 g/mol. The normalized spacial score (nSPS) is 18.4. The van der Waals surface area contributed by atoms with E-state index in [2.05, 4.69) is 17.4 Å². The fraction of sp³-hybridized carbons (Fsp3) is 0.423. The zero-order valence-electron chi connectivity index (χ0n) is 19.2. The molecule has 1 fully saturated rings. The third-order valence-electron chi connectivity index (χ3n) is 6.44. The minimum absolute atomic E-state index is 0.0563. The fourth-order valence-corrected chi connectivity index (χ4v) is 4.71. The number of carbonyl (C=O) groups is 3. The van der Waals surface area contributed by atoms with Crippen molar-refractivity contribution < 1.29 is 29.0 Å². The van der Waals surface area contributed by atoms with Gasteiger partial charge in [0.2, 0.25) is 5.91 Å². The van der Waals surface area contributed by atoms with Gasteiger partial charge in [-0.1, -0.05) is 61.9 Å². The molecule has 2 atom stereocenters. The maximum absolute atomic E-state index is 13.1. The summed E-state index contributed by atoms with van der Waals surface area (Å²) in [4.78, 5) is 38.7. The molecule has 2 amide bonds. The number of nitrogens with zero attached hydrogens (tertiary/aromatic N) is 1. The lowest BCUT2D eigenvalue weighted by Crippen LogP contribution is -2.50. The van der Waals surface area contributed by atoms with Crippen molar-refractivity contribution in [2.45, 2.75) is 31.7 Å². The Morgan fingerprint density at radius 1 is 1.12 bits per heavy atom. The first-order valence-corrected chi connectivity index (χ1v) is 11.7. The van der Waals surface area contributed by atoms with Crippen LogP contribution in [0.2, 0.25) is 0 Å². The molecule has 180 valence electrons. The van der Waals surface area contributed by atoms with Crippen LogP contribution in [0.25, 0.3) is 11.1 Å². The van der Waals surface area contributed by atoms with Crippen molar-refractivity contribution >= 4 is 18.0 Å². The molecule has 1 heterocycles. The van der Waals surface area contributed by atoms with E-state index in [-0.39, 0.29) is 44.7 Å². The summed E-state index contributed by atoms with van der Waals surface area (Å²) in [5.41, 5.74) is 4.51. The van der Waals surface area contributed by atoms with Crippen LogP contribution in [0.1, 0.15) is 36.8 Å². The van der Waals surface area contributed by atoms with Crippen LogP contribution in [0.15, 0.2) is 48.5 Å². The van der Waals surface area contributed by atoms with Gasteiger partial charge in [-0.05, 0) is 28.7 Å². The molecule has 4 rings (SSSR count). The molecule has 0 radical (unpaired) electrons. The van der Waals surface area contributed by atoms with Crippen molar-refractivity contribution in [2.24, 2.45) is 5.92 Å². The number of fused-ring (bicyclic) bond motifs is 3. The summed E-state index contributed by atoms with van der Waals surface area (Å²) in [6, 6.07) is 15.4. The van der Waals surface area contributed by atoms with Gasteiger partial charge in [-0.25, -0.2) is 4.79 Å². The van der Waals surface area contributed by atoms with Crippen LogP contribution >= 0.6 is 0 Å². The fourth-order valence-electron chi connectivity index (χ4n) is 4.71. The van der Waals surface area contributed by atoms with E-state index < -0.39 is 24.0 Å². The molecule has 2 N–H and O–H groups in total. The number of amides is 2. The smallest absolute Gasteiger partial charge is 0.407 e. The topological polar surface area (TPSA) is 105 Å². The van der Waals surface area contributed by atoms with Crippen molar-refractivity contribution in [3.8, 4) is 11.1 Å². The SMILES string of the molecule is CCCC(NC(=O)OCC1c2ccccc2-c2ccccc21)C(=O)N1CCOCC(C(=O)O)C1. The van der Waals surface area contributed by atoms with Gasteiger partial charge in [-0.3, -0.25) is 9.59 Å². The zero-order chi connectivity index (χ0) is 24.1. The number of rotatable bonds is 7. The molecule has 2 aromatic carbocycles. The lowest BCUT2D eigenvalue weighted by Gasteiger charge is -2.27. The molecule has 8 nitrogen and oxygen atoms in total. The summed E-state index contributed by atoms with van der Waals surface area (Å²) in [5.74, 6) is -2.18. The molecule has 0 bridgehead atoms. The third-order valence-corrected chi connectivity index (χ3v) is 6.44. The number of aliphatic carboxylic acids is 1. The Labute approximate surface area is 198 Å². The molecule has 2 unspecified atom stereocenters. The number of nitrogens with one attached hydrogen (secondary N) is 1. The maximum atomic E-state index is 13.1. The highest BCUT2D eigenvalue weighted by atomic mass is 16.5. The molecular weight excluding hydrogens is 436 g/mol. The summed E-state index contributed by atoms with van der Waals surface area (Å²) < 4.78 is 10.9. The molecule has 0 saturated carbocycles. The average Bonchev–Trinajstić information content (AvgIpc) is 2.97. The van der Waals surface area contributed by atoms with Crippen LogP contribution < -0.4 is 5.32 Å². The second kappa shape index (κ2) is 10.7. The Balaban J connectivity index is 1.41. The Bertz CT molecular complexity index is 1010. The number of benzene rings is 2. The minimum Gasteiger partial charge on any atom is -0.481 e. The van der Waals surface area contributed by atoms with Gasteiger partial charge in [0.05, 0.1) is 19.1 Å².